The quantitative estimate of drug-likeness (QED) is 0.584. The summed E-state index contributed by atoms with van der Waals surface area (Å²) in [5.41, 5.74) is 0.412. The molecule has 0 spiro atoms. The molecule has 1 rings (SSSR count). The summed E-state index contributed by atoms with van der Waals surface area (Å²) in [6.07, 6.45) is 0.690. The fraction of sp³-hybridized carbons (Fsp3) is 0.364. The van der Waals surface area contributed by atoms with Gasteiger partial charge in [-0.25, -0.2) is 0 Å². The van der Waals surface area contributed by atoms with Gasteiger partial charge in [-0.3, -0.25) is 4.79 Å². The second kappa shape index (κ2) is 7.22. The van der Waals surface area contributed by atoms with E-state index in [-0.39, 0.29) is 19.8 Å². The predicted octanol–water partition coefficient (Wildman–Crippen LogP) is 1.54. The maximum Gasteiger partial charge on any atom is 0.153 e. The van der Waals surface area contributed by atoms with Gasteiger partial charge in [-0.1, -0.05) is 17.7 Å². The molecule has 0 aliphatic rings. The van der Waals surface area contributed by atoms with Crippen LogP contribution in [0.3, 0.4) is 0 Å². The second-order valence-electron chi connectivity index (χ2n) is 2.96. The Balaban J connectivity index is 2.49. The maximum absolute atomic E-state index is 10.7. The zero-order valence-corrected chi connectivity index (χ0v) is 9.44. The highest BCUT2D eigenvalue weighted by molar-refractivity contribution is 6.32. The zero-order chi connectivity index (χ0) is 11.8. The number of halogens is 1. The lowest BCUT2D eigenvalue weighted by molar-refractivity contribution is 0.0703. The van der Waals surface area contributed by atoms with Crippen LogP contribution < -0.4 is 4.74 Å². The van der Waals surface area contributed by atoms with Gasteiger partial charge in [0.05, 0.1) is 30.4 Å². The molecule has 0 aliphatic heterocycles. The van der Waals surface area contributed by atoms with E-state index in [2.05, 4.69) is 0 Å². The van der Waals surface area contributed by atoms with Gasteiger partial charge in [0.15, 0.2) is 6.29 Å². The van der Waals surface area contributed by atoms with E-state index < -0.39 is 0 Å². The lowest BCUT2D eigenvalue weighted by Crippen LogP contribution is -2.10. The van der Waals surface area contributed by atoms with E-state index >= 15 is 0 Å². The van der Waals surface area contributed by atoms with Crippen LogP contribution in [0.4, 0.5) is 0 Å². The van der Waals surface area contributed by atoms with Crippen LogP contribution in [0.5, 0.6) is 5.75 Å². The van der Waals surface area contributed by atoms with Gasteiger partial charge in [-0.2, -0.15) is 0 Å². The van der Waals surface area contributed by atoms with Crippen LogP contribution in [0.1, 0.15) is 10.4 Å². The van der Waals surface area contributed by atoms with Gasteiger partial charge < -0.3 is 14.6 Å². The molecule has 0 bridgehead atoms. The molecule has 0 fully saturated rings. The van der Waals surface area contributed by atoms with E-state index in [0.29, 0.717) is 29.2 Å². The topological polar surface area (TPSA) is 55.8 Å². The fourth-order valence-corrected chi connectivity index (χ4v) is 1.38. The van der Waals surface area contributed by atoms with Gasteiger partial charge in [0.25, 0.3) is 0 Å². The first-order chi connectivity index (χ1) is 7.79. The van der Waals surface area contributed by atoms with Crippen LogP contribution in [0.25, 0.3) is 0 Å². The number of rotatable bonds is 7. The molecule has 4 nitrogen and oxygen atoms in total. The third kappa shape index (κ3) is 3.81. The van der Waals surface area contributed by atoms with E-state index in [1.54, 1.807) is 18.2 Å². The van der Waals surface area contributed by atoms with Crippen LogP contribution in [0.15, 0.2) is 18.2 Å². The minimum atomic E-state index is -0.0221. The van der Waals surface area contributed by atoms with Gasteiger partial charge in [0.1, 0.15) is 12.4 Å². The maximum atomic E-state index is 10.7. The highest BCUT2D eigenvalue weighted by Gasteiger charge is 2.07. The van der Waals surface area contributed by atoms with Gasteiger partial charge in [0.2, 0.25) is 0 Å². The molecular formula is C11H13ClO4. The Bertz CT molecular complexity index is 341. The minimum absolute atomic E-state index is 0.0221. The molecule has 5 heteroatoms. The Labute approximate surface area is 98.7 Å². The highest BCUT2D eigenvalue weighted by atomic mass is 35.5. The average molecular weight is 245 g/mol. The van der Waals surface area contributed by atoms with Crippen molar-refractivity contribution in [1.29, 1.82) is 0 Å². The van der Waals surface area contributed by atoms with Crippen LogP contribution >= 0.6 is 11.6 Å². The highest BCUT2D eigenvalue weighted by Crippen LogP contribution is 2.27. The lowest BCUT2D eigenvalue weighted by Gasteiger charge is -2.09. The monoisotopic (exact) mass is 244 g/mol. The Morgan fingerprint density at radius 2 is 2.12 bits per heavy atom. The number of hydrogen-bond acceptors (Lipinski definition) is 4. The molecular weight excluding hydrogens is 232 g/mol. The molecule has 0 aromatic heterocycles. The first-order valence-electron chi connectivity index (χ1n) is 4.84. The van der Waals surface area contributed by atoms with Crippen molar-refractivity contribution < 1.29 is 19.4 Å². The van der Waals surface area contributed by atoms with Gasteiger partial charge in [-0.05, 0) is 12.1 Å². The van der Waals surface area contributed by atoms with Crippen LogP contribution in [-0.4, -0.2) is 37.8 Å². The Morgan fingerprint density at radius 1 is 1.31 bits per heavy atom. The van der Waals surface area contributed by atoms with E-state index in [9.17, 15) is 4.79 Å². The summed E-state index contributed by atoms with van der Waals surface area (Å²) >= 11 is 5.88. The molecule has 1 N–H and O–H groups in total. The molecule has 0 aliphatic carbocycles. The molecule has 0 unspecified atom stereocenters. The summed E-state index contributed by atoms with van der Waals surface area (Å²) in [4.78, 5) is 10.7. The van der Waals surface area contributed by atoms with Crippen molar-refractivity contribution in [1.82, 2.24) is 0 Å². The summed E-state index contributed by atoms with van der Waals surface area (Å²) in [7, 11) is 0. The number of aliphatic hydroxyl groups excluding tert-OH is 1. The Kier molecular flexibility index (Phi) is 5.85. The molecule has 0 atom stereocenters. The molecule has 0 heterocycles. The van der Waals surface area contributed by atoms with Crippen molar-refractivity contribution in [3.63, 3.8) is 0 Å². The molecule has 16 heavy (non-hydrogen) atoms. The number of hydrogen-bond donors (Lipinski definition) is 1. The number of benzene rings is 1. The van der Waals surface area contributed by atoms with E-state index in [4.69, 9.17) is 26.2 Å². The van der Waals surface area contributed by atoms with Gasteiger partial charge in [0, 0.05) is 0 Å². The summed E-state index contributed by atoms with van der Waals surface area (Å²) in [5.74, 6) is 0.367. The summed E-state index contributed by atoms with van der Waals surface area (Å²) in [5, 5.41) is 8.87. The third-order valence-corrected chi connectivity index (χ3v) is 2.13. The normalized spacial score (nSPS) is 10.1. The number of aliphatic hydroxyl groups is 1. The fourth-order valence-electron chi connectivity index (χ4n) is 1.14. The standard InChI is InChI=1S/C11H13ClO4/c12-10-3-1-2-9(8-14)11(10)16-7-6-15-5-4-13/h1-3,8,13H,4-7H2. The predicted molar refractivity (Wildman–Crippen MR) is 60.2 cm³/mol. The largest absolute Gasteiger partial charge is 0.489 e. The Hall–Kier alpha value is -1.10. The first kappa shape index (κ1) is 13.0. The molecule has 0 saturated carbocycles. The van der Waals surface area contributed by atoms with E-state index in [1.165, 1.54) is 0 Å². The zero-order valence-electron chi connectivity index (χ0n) is 8.69. The first-order valence-corrected chi connectivity index (χ1v) is 5.22. The number of carbonyl (C=O) groups is 1. The van der Waals surface area contributed by atoms with Crippen LogP contribution in [0, 0.1) is 0 Å². The van der Waals surface area contributed by atoms with Crippen LogP contribution in [-0.2, 0) is 4.74 Å². The number of carbonyl (C=O) groups excluding carboxylic acids is 1. The lowest BCUT2D eigenvalue weighted by atomic mass is 10.2. The molecule has 0 amide bonds. The number of aldehydes is 1. The van der Waals surface area contributed by atoms with Crippen molar-refractivity contribution >= 4 is 17.9 Å². The van der Waals surface area contributed by atoms with Crippen LogP contribution in [0.2, 0.25) is 5.02 Å². The van der Waals surface area contributed by atoms with Crippen molar-refractivity contribution in [2.75, 3.05) is 26.4 Å². The van der Waals surface area contributed by atoms with E-state index in [0.717, 1.165) is 0 Å². The number of para-hydroxylation sites is 1. The van der Waals surface area contributed by atoms with Crippen molar-refractivity contribution in [3.8, 4) is 5.75 Å². The molecule has 1 aromatic carbocycles. The number of ether oxygens (including phenoxy) is 2. The van der Waals surface area contributed by atoms with Crippen molar-refractivity contribution in [3.05, 3.63) is 28.8 Å². The summed E-state index contributed by atoms with van der Waals surface area (Å²) < 4.78 is 10.3. The van der Waals surface area contributed by atoms with Crippen molar-refractivity contribution in [2.24, 2.45) is 0 Å². The van der Waals surface area contributed by atoms with E-state index in [1.807, 2.05) is 0 Å². The third-order valence-electron chi connectivity index (χ3n) is 1.83. The van der Waals surface area contributed by atoms with Crippen molar-refractivity contribution in [2.45, 2.75) is 0 Å². The molecule has 88 valence electrons. The van der Waals surface area contributed by atoms with Gasteiger partial charge >= 0.3 is 0 Å². The molecule has 1 aromatic rings. The Morgan fingerprint density at radius 3 is 2.81 bits per heavy atom. The average Bonchev–Trinajstić information content (AvgIpc) is 2.30. The SMILES string of the molecule is O=Cc1cccc(Cl)c1OCCOCCO. The molecule has 0 radical (unpaired) electrons. The summed E-state index contributed by atoms with van der Waals surface area (Å²) in [6, 6.07) is 4.96. The molecule has 0 saturated heterocycles. The second-order valence-corrected chi connectivity index (χ2v) is 3.37. The van der Waals surface area contributed by atoms with Gasteiger partial charge in [-0.15, -0.1) is 0 Å². The summed E-state index contributed by atoms with van der Waals surface area (Å²) in [6.45, 7) is 0.868. The smallest absolute Gasteiger partial charge is 0.153 e. The minimum Gasteiger partial charge on any atom is -0.489 e.